The van der Waals surface area contributed by atoms with Gasteiger partial charge in [-0.15, -0.1) is 11.3 Å². The number of para-hydroxylation sites is 1. The van der Waals surface area contributed by atoms with Gasteiger partial charge in [0.05, 0.1) is 29.4 Å². The number of hydrogen-bond acceptors (Lipinski definition) is 5. The predicted octanol–water partition coefficient (Wildman–Crippen LogP) is 4.27. The third-order valence-electron chi connectivity index (χ3n) is 3.77. The monoisotopic (exact) mass is 356 g/mol. The van der Waals surface area contributed by atoms with Crippen LogP contribution in [0.15, 0.2) is 42.5 Å². The molecule has 3 aromatic rings. The van der Waals surface area contributed by atoms with E-state index in [4.69, 9.17) is 9.47 Å². The number of nitrogens with one attached hydrogen (secondary N) is 1. The fourth-order valence-corrected chi connectivity index (χ4v) is 3.54. The van der Waals surface area contributed by atoms with Crippen molar-refractivity contribution in [3.05, 3.63) is 47.5 Å². The quantitative estimate of drug-likeness (QED) is 0.686. The first-order valence-corrected chi connectivity index (χ1v) is 8.87. The van der Waals surface area contributed by atoms with E-state index in [0.717, 1.165) is 23.4 Å². The summed E-state index contributed by atoms with van der Waals surface area (Å²) in [6, 6.07) is 13.4. The van der Waals surface area contributed by atoms with E-state index >= 15 is 0 Å². The smallest absolute Gasteiger partial charge is 0.224 e. The van der Waals surface area contributed by atoms with Crippen LogP contribution in [0, 0.1) is 0 Å². The van der Waals surface area contributed by atoms with E-state index < -0.39 is 0 Å². The number of benzene rings is 2. The number of amides is 1. The van der Waals surface area contributed by atoms with Crippen molar-refractivity contribution in [3.8, 4) is 11.5 Å². The lowest BCUT2D eigenvalue weighted by Crippen LogP contribution is -2.11. The largest absolute Gasteiger partial charge is 0.497 e. The summed E-state index contributed by atoms with van der Waals surface area (Å²) in [4.78, 5) is 16.8. The van der Waals surface area contributed by atoms with Crippen molar-refractivity contribution in [2.24, 2.45) is 0 Å². The molecule has 1 amide bonds. The van der Waals surface area contributed by atoms with Gasteiger partial charge in [-0.2, -0.15) is 0 Å². The molecule has 1 heterocycles. The highest BCUT2D eigenvalue weighted by molar-refractivity contribution is 7.18. The fraction of sp³-hybridized carbons (Fsp3) is 0.263. The predicted molar refractivity (Wildman–Crippen MR) is 101 cm³/mol. The van der Waals surface area contributed by atoms with Crippen molar-refractivity contribution < 1.29 is 14.3 Å². The van der Waals surface area contributed by atoms with Crippen molar-refractivity contribution >= 4 is 33.1 Å². The van der Waals surface area contributed by atoms with Crippen molar-refractivity contribution in [1.82, 2.24) is 4.98 Å². The number of carbonyl (C=O) groups is 1. The van der Waals surface area contributed by atoms with Crippen LogP contribution in [-0.4, -0.2) is 25.1 Å². The second-order valence-electron chi connectivity index (χ2n) is 5.58. The van der Waals surface area contributed by atoms with Gasteiger partial charge in [0.2, 0.25) is 5.91 Å². The zero-order chi connectivity index (χ0) is 17.6. The minimum Gasteiger partial charge on any atom is -0.497 e. The van der Waals surface area contributed by atoms with Crippen LogP contribution in [0.1, 0.15) is 17.8 Å². The number of carbonyl (C=O) groups excluding carboxylic acids is 1. The summed E-state index contributed by atoms with van der Waals surface area (Å²) in [5.74, 6) is 1.25. The van der Waals surface area contributed by atoms with Crippen LogP contribution in [0.4, 0.5) is 5.69 Å². The first-order chi connectivity index (χ1) is 12.2. The van der Waals surface area contributed by atoms with Gasteiger partial charge in [0, 0.05) is 30.3 Å². The molecule has 0 saturated carbocycles. The molecule has 6 heteroatoms. The summed E-state index contributed by atoms with van der Waals surface area (Å²) in [5.41, 5.74) is 1.69. The SMILES string of the molecule is COc1cc(NC(=O)CCCc2nc3ccccc3s2)cc(OC)c1. The van der Waals surface area contributed by atoms with E-state index in [0.29, 0.717) is 23.6 Å². The molecule has 0 fully saturated rings. The highest BCUT2D eigenvalue weighted by Gasteiger charge is 2.08. The van der Waals surface area contributed by atoms with Crippen molar-refractivity contribution in [2.45, 2.75) is 19.3 Å². The molecule has 0 atom stereocenters. The molecule has 5 nitrogen and oxygen atoms in total. The number of anilines is 1. The average molecular weight is 356 g/mol. The fourth-order valence-electron chi connectivity index (χ4n) is 2.53. The molecule has 2 aromatic carbocycles. The number of aryl methyl sites for hydroxylation is 1. The third-order valence-corrected chi connectivity index (χ3v) is 4.86. The average Bonchev–Trinajstić information content (AvgIpc) is 3.04. The number of nitrogens with zero attached hydrogens (tertiary/aromatic N) is 1. The first kappa shape index (κ1) is 17.2. The van der Waals surface area contributed by atoms with Gasteiger partial charge >= 0.3 is 0 Å². The minimum atomic E-state index is -0.0311. The lowest BCUT2D eigenvalue weighted by molar-refractivity contribution is -0.116. The summed E-state index contributed by atoms with van der Waals surface area (Å²) in [5, 5.41) is 3.95. The number of thiazole rings is 1. The maximum absolute atomic E-state index is 12.2. The Kier molecular flexibility index (Phi) is 5.50. The Labute approximate surface area is 150 Å². The second-order valence-corrected chi connectivity index (χ2v) is 6.69. The molecule has 3 rings (SSSR count). The highest BCUT2D eigenvalue weighted by Crippen LogP contribution is 2.26. The molecule has 130 valence electrons. The van der Waals surface area contributed by atoms with E-state index in [2.05, 4.69) is 16.4 Å². The molecular weight excluding hydrogens is 336 g/mol. The van der Waals surface area contributed by atoms with Crippen molar-refractivity contribution in [2.75, 3.05) is 19.5 Å². The van der Waals surface area contributed by atoms with Gasteiger partial charge in [-0.1, -0.05) is 12.1 Å². The summed E-state index contributed by atoms with van der Waals surface area (Å²) < 4.78 is 11.6. The van der Waals surface area contributed by atoms with Gasteiger partial charge < -0.3 is 14.8 Å². The van der Waals surface area contributed by atoms with Gasteiger partial charge in [-0.3, -0.25) is 4.79 Å². The third kappa shape index (κ3) is 4.48. The summed E-state index contributed by atoms with van der Waals surface area (Å²) in [6.45, 7) is 0. The van der Waals surface area contributed by atoms with Gasteiger partial charge in [0.25, 0.3) is 0 Å². The normalized spacial score (nSPS) is 10.6. The number of hydrogen-bond donors (Lipinski definition) is 1. The first-order valence-electron chi connectivity index (χ1n) is 8.05. The van der Waals surface area contributed by atoms with E-state index in [9.17, 15) is 4.79 Å². The molecule has 0 aliphatic carbocycles. The van der Waals surface area contributed by atoms with E-state index in [1.165, 1.54) is 4.70 Å². The van der Waals surface area contributed by atoms with Crippen LogP contribution in [0.5, 0.6) is 11.5 Å². The Balaban J connectivity index is 1.54. The lowest BCUT2D eigenvalue weighted by Gasteiger charge is -2.09. The van der Waals surface area contributed by atoms with Crippen LogP contribution >= 0.6 is 11.3 Å². The number of rotatable bonds is 7. The second kappa shape index (κ2) is 7.98. The maximum atomic E-state index is 12.2. The van der Waals surface area contributed by atoms with Gasteiger partial charge in [-0.25, -0.2) is 4.98 Å². The Morgan fingerprint density at radius 1 is 1.12 bits per heavy atom. The molecule has 0 spiro atoms. The number of fused-ring (bicyclic) bond motifs is 1. The van der Waals surface area contributed by atoms with Crippen LogP contribution in [0.25, 0.3) is 10.2 Å². The zero-order valence-corrected chi connectivity index (χ0v) is 15.1. The number of methoxy groups -OCH3 is 2. The van der Waals surface area contributed by atoms with Crippen molar-refractivity contribution in [3.63, 3.8) is 0 Å². The van der Waals surface area contributed by atoms with E-state index in [-0.39, 0.29) is 5.91 Å². The number of ether oxygens (including phenoxy) is 2. The van der Waals surface area contributed by atoms with Gasteiger partial charge in [-0.05, 0) is 25.0 Å². The Morgan fingerprint density at radius 2 is 1.84 bits per heavy atom. The molecule has 25 heavy (non-hydrogen) atoms. The van der Waals surface area contributed by atoms with E-state index in [1.54, 1.807) is 43.8 Å². The molecule has 0 aliphatic heterocycles. The Morgan fingerprint density at radius 3 is 2.52 bits per heavy atom. The van der Waals surface area contributed by atoms with Crippen LogP contribution in [0.3, 0.4) is 0 Å². The number of aromatic nitrogens is 1. The Bertz CT molecular complexity index is 821. The standard InChI is InChI=1S/C19H20N2O3S/c1-23-14-10-13(11-15(12-14)24-2)20-18(22)8-5-9-19-21-16-6-3-4-7-17(16)25-19/h3-4,6-7,10-12H,5,8-9H2,1-2H3,(H,20,22). The lowest BCUT2D eigenvalue weighted by atomic mass is 10.2. The Hall–Kier alpha value is -2.60. The molecule has 0 unspecified atom stereocenters. The summed E-state index contributed by atoms with van der Waals surface area (Å²) in [7, 11) is 3.16. The van der Waals surface area contributed by atoms with E-state index in [1.807, 2.05) is 18.2 Å². The molecule has 1 aromatic heterocycles. The topological polar surface area (TPSA) is 60.5 Å². The molecule has 0 radical (unpaired) electrons. The highest BCUT2D eigenvalue weighted by atomic mass is 32.1. The summed E-state index contributed by atoms with van der Waals surface area (Å²) >= 11 is 1.69. The maximum Gasteiger partial charge on any atom is 0.224 e. The van der Waals surface area contributed by atoms with Crippen LogP contribution in [0.2, 0.25) is 0 Å². The van der Waals surface area contributed by atoms with Crippen LogP contribution in [-0.2, 0) is 11.2 Å². The molecule has 0 aliphatic rings. The molecule has 0 bridgehead atoms. The minimum absolute atomic E-state index is 0.0311. The molecule has 0 saturated heterocycles. The van der Waals surface area contributed by atoms with Gasteiger partial charge in [0.15, 0.2) is 0 Å². The van der Waals surface area contributed by atoms with Crippen molar-refractivity contribution in [1.29, 1.82) is 0 Å². The molecule has 1 N–H and O–H groups in total. The van der Waals surface area contributed by atoms with Crippen LogP contribution < -0.4 is 14.8 Å². The molecular formula is C19H20N2O3S. The van der Waals surface area contributed by atoms with Gasteiger partial charge in [0.1, 0.15) is 11.5 Å². The summed E-state index contributed by atoms with van der Waals surface area (Å²) in [6.07, 6.45) is 2.00. The zero-order valence-electron chi connectivity index (χ0n) is 14.2.